The topological polar surface area (TPSA) is 59.5 Å². The summed E-state index contributed by atoms with van der Waals surface area (Å²) in [7, 11) is -3.08. The first kappa shape index (κ1) is 29.2. The summed E-state index contributed by atoms with van der Waals surface area (Å²) in [6, 6.07) is 16.4. The van der Waals surface area contributed by atoms with Gasteiger partial charge in [0.05, 0.1) is 11.9 Å². The summed E-state index contributed by atoms with van der Waals surface area (Å²) in [6.45, 7) is 11.6. The van der Waals surface area contributed by atoms with Crippen LogP contribution in [0.15, 0.2) is 54.7 Å². The zero-order valence-corrected chi connectivity index (χ0v) is 24.8. The summed E-state index contributed by atoms with van der Waals surface area (Å²) < 4.78 is 45.2. The lowest BCUT2D eigenvalue weighted by Gasteiger charge is -2.31. The molecule has 39 heavy (non-hydrogen) atoms. The van der Waals surface area contributed by atoms with Crippen LogP contribution in [-0.4, -0.2) is 42.4 Å². The Morgan fingerprint density at radius 3 is 2.38 bits per heavy atom. The van der Waals surface area contributed by atoms with Crippen LogP contribution in [0, 0.1) is 18.7 Å². The van der Waals surface area contributed by atoms with E-state index in [4.69, 9.17) is 4.74 Å². The second kappa shape index (κ2) is 12.2. The maximum absolute atomic E-state index is 14.9. The van der Waals surface area contributed by atoms with Crippen molar-refractivity contribution in [3.63, 3.8) is 0 Å². The highest BCUT2D eigenvalue weighted by Crippen LogP contribution is 2.44. The minimum Gasteiger partial charge on any atom is -0.489 e. The van der Waals surface area contributed by atoms with Gasteiger partial charge >= 0.3 is 0 Å². The van der Waals surface area contributed by atoms with Crippen molar-refractivity contribution in [3.05, 3.63) is 82.9 Å². The molecule has 0 unspecified atom stereocenters. The third-order valence-electron chi connectivity index (χ3n) is 7.50. The van der Waals surface area contributed by atoms with Crippen molar-refractivity contribution < 1.29 is 17.5 Å². The molecule has 0 saturated heterocycles. The number of hydrogen-bond donors (Lipinski definition) is 0. The van der Waals surface area contributed by atoms with Gasteiger partial charge < -0.3 is 4.74 Å². The molecule has 1 fully saturated rings. The Morgan fingerprint density at radius 2 is 1.74 bits per heavy atom. The van der Waals surface area contributed by atoms with Gasteiger partial charge in [0.1, 0.15) is 28.0 Å². The number of benzene rings is 2. The number of pyridine rings is 1. The molecule has 1 heterocycles. The van der Waals surface area contributed by atoms with Gasteiger partial charge in [-0.1, -0.05) is 30.3 Å². The summed E-state index contributed by atoms with van der Waals surface area (Å²) in [5, 5.41) is 0. The minimum absolute atomic E-state index is 0.00574. The Morgan fingerprint density at radius 1 is 1.03 bits per heavy atom. The fraction of sp³-hybridized carbons (Fsp3) is 0.469. The van der Waals surface area contributed by atoms with Gasteiger partial charge in [-0.05, 0) is 93.8 Å². The Bertz CT molecular complexity index is 1390. The number of hydrogen-bond acceptors (Lipinski definition) is 5. The van der Waals surface area contributed by atoms with Crippen LogP contribution >= 0.6 is 0 Å². The number of rotatable bonds is 12. The van der Waals surface area contributed by atoms with E-state index in [1.54, 1.807) is 6.07 Å². The van der Waals surface area contributed by atoms with Gasteiger partial charge in [0, 0.05) is 42.1 Å². The van der Waals surface area contributed by atoms with Gasteiger partial charge in [-0.3, -0.25) is 9.88 Å². The molecule has 0 bridgehead atoms. The van der Waals surface area contributed by atoms with Crippen molar-refractivity contribution >= 4 is 9.84 Å². The molecule has 5 nitrogen and oxygen atoms in total. The Hall–Kier alpha value is -2.77. The molecular weight excluding hydrogens is 511 g/mol. The van der Waals surface area contributed by atoms with Crippen molar-refractivity contribution in [3.8, 4) is 16.9 Å². The zero-order valence-electron chi connectivity index (χ0n) is 23.9. The first-order valence-electron chi connectivity index (χ1n) is 13.8. The van der Waals surface area contributed by atoms with Crippen molar-refractivity contribution in [2.45, 2.75) is 78.6 Å². The number of sulfone groups is 1. The van der Waals surface area contributed by atoms with Gasteiger partial charge in [-0.2, -0.15) is 0 Å². The van der Waals surface area contributed by atoms with Gasteiger partial charge in [-0.25, -0.2) is 12.8 Å². The smallest absolute Gasteiger partial charge is 0.149 e. The van der Waals surface area contributed by atoms with Gasteiger partial charge in [0.15, 0.2) is 0 Å². The lowest BCUT2D eigenvalue weighted by Crippen LogP contribution is -2.36. The Balaban J connectivity index is 1.60. The number of aromatic nitrogens is 1. The molecule has 4 rings (SSSR count). The van der Waals surface area contributed by atoms with E-state index < -0.39 is 9.84 Å². The van der Waals surface area contributed by atoms with Crippen molar-refractivity contribution in [1.29, 1.82) is 0 Å². The average molecular weight is 553 g/mol. The quantitative estimate of drug-likeness (QED) is 0.244. The molecule has 1 atom stereocenters. The largest absolute Gasteiger partial charge is 0.489 e. The van der Waals surface area contributed by atoms with E-state index in [2.05, 4.69) is 43.6 Å². The first-order chi connectivity index (χ1) is 18.4. The lowest BCUT2D eigenvalue weighted by molar-refractivity contribution is 0.166. The van der Waals surface area contributed by atoms with E-state index in [1.165, 1.54) is 12.5 Å². The average Bonchev–Trinajstić information content (AvgIpc) is 3.71. The highest BCUT2D eigenvalue weighted by molar-refractivity contribution is 7.90. The molecule has 210 valence electrons. The van der Waals surface area contributed by atoms with Crippen LogP contribution in [0.25, 0.3) is 11.1 Å². The maximum atomic E-state index is 14.9. The van der Waals surface area contributed by atoms with Gasteiger partial charge in [-0.15, -0.1) is 0 Å². The van der Waals surface area contributed by atoms with Crippen LogP contribution in [0.4, 0.5) is 4.39 Å². The van der Waals surface area contributed by atoms with E-state index in [9.17, 15) is 12.8 Å². The SMILES string of the molecule is Cc1cc(-c2ccc(COc3cccc([C@@H](CS(C)(=O)=O)C4CC4)c3)cc2CN(C(C)C)C(C)C)c(F)cn1. The molecule has 0 radical (unpaired) electrons. The van der Waals surface area contributed by atoms with Crippen molar-refractivity contribution in [2.24, 2.45) is 5.92 Å². The van der Waals surface area contributed by atoms with E-state index in [-0.39, 0.29) is 17.5 Å². The summed E-state index contributed by atoms with van der Waals surface area (Å²) in [4.78, 5) is 6.49. The Kier molecular flexibility index (Phi) is 9.12. The van der Waals surface area contributed by atoms with Crippen molar-refractivity contribution in [2.75, 3.05) is 12.0 Å². The predicted molar refractivity (Wildman–Crippen MR) is 156 cm³/mol. The number of aryl methyl sites for hydroxylation is 1. The summed E-state index contributed by atoms with van der Waals surface area (Å²) in [5.41, 5.74) is 5.25. The maximum Gasteiger partial charge on any atom is 0.149 e. The molecule has 0 amide bonds. The minimum atomic E-state index is -3.08. The van der Waals surface area contributed by atoms with Crippen LogP contribution in [-0.2, 0) is 23.0 Å². The van der Waals surface area contributed by atoms with E-state index >= 15 is 0 Å². The molecular formula is C32H41FN2O3S. The van der Waals surface area contributed by atoms with Gasteiger partial charge in [0.25, 0.3) is 0 Å². The Labute approximate surface area is 233 Å². The highest BCUT2D eigenvalue weighted by atomic mass is 32.2. The molecule has 7 heteroatoms. The van der Waals surface area contributed by atoms with Crippen LogP contribution in [0.1, 0.15) is 68.8 Å². The summed E-state index contributed by atoms with van der Waals surface area (Å²) >= 11 is 0. The van der Waals surface area contributed by atoms with Gasteiger partial charge in [0.2, 0.25) is 0 Å². The molecule has 1 aliphatic rings. The fourth-order valence-electron chi connectivity index (χ4n) is 5.37. The molecule has 0 N–H and O–H groups in total. The normalized spacial score (nSPS) is 14.8. The molecule has 1 aromatic heterocycles. The van der Waals surface area contributed by atoms with E-state index in [1.807, 2.05) is 43.3 Å². The van der Waals surface area contributed by atoms with E-state index in [0.717, 1.165) is 46.5 Å². The molecule has 0 spiro atoms. The lowest BCUT2D eigenvalue weighted by atomic mass is 9.96. The molecule has 3 aromatic rings. The summed E-state index contributed by atoms with van der Waals surface area (Å²) in [6.07, 6.45) is 4.74. The van der Waals surface area contributed by atoms with Crippen LogP contribution in [0.2, 0.25) is 0 Å². The fourth-order valence-corrected chi connectivity index (χ4v) is 6.49. The number of nitrogens with zero attached hydrogens (tertiary/aromatic N) is 2. The monoisotopic (exact) mass is 552 g/mol. The zero-order chi connectivity index (χ0) is 28.3. The third kappa shape index (κ3) is 7.89. The van der Waals surface area contributed by atoms with Crippen LogP contribution < -0.4 is 4.74 Å². The molecule has 1 aliphatic carbocycles. The first-order valence-corrected chi connectivity index (χ1v) is 15.9. The van der Waals surface area contributed by atoms with E-state index in [0.29, 0.717) is 36.7 Å². The molecule has 2 aromatic carbocycles. The van der Waals surface area contributed by atoms with Crippen molar-refractivity contribution in [1.82, 2.24) is 9.88 Å². The second-order valence-corrected chi connectivity index (χ2v) is 13.7. The van der Waals surface area contributed by atoms with Crippen LogP contribution in [0.5, 0.6) is 5.75 Å². The molecule has 0 aliphatic heterocycles. The molecule has 1 saturated carbocycles. The standard InChI is InChI=1S/C32H41FN2O3S/c1-21(2)35(22(3)4)18-27-15-24(10-13-29(27)30-14-23(5)34-17-32(30)33)19-38-28-9-7-8-26(16-28)31(25-11-12-25)20-39(6,36)37/h7-10,13-17,21-22,25,31H,11-12,18-20H2,1-6H3/t31-/m0/s1. The second-order valence-electron chi connectivity index (χ2n) is 11.6. The highest BCUT2D eigenvalue weighted by Gasteiger charge is 2.34. The van der Waals surface area contributed by atoms with Crippen LogP contribution in [0.3, 0.4) is 0 Å². The summed E-state index contributed by atoms with van der Waals surface area (Å²) in [5.74, 6) is 0.985. The number of halogens is 1. The third-order valence-corrected chi connectivity index (χ3v) is 8.46. The predicted octanol–water partition coefficient (Wildman–Crippen LogP) is 6.93. The number of ether oxygens (including phenoxy) is 1.